The molecule has 0 fully saturated rings. The van der Waals surface area contributed by atoms with Gasteiger partial charge in [0, 0.05) is 0 Å². The van der Waals surface area contributed by atoms with Crippen LogP contribution in [0.25, 0.3) is 0 Å². The molecule has 1 heterocycles. The van der Waals surface area contributed by atoms with Gasteiger partial charge in [-0.2, -0.15) is 0 Å². The van der Waals surface area contributed by atoms with E-state index in [4.69, 9.17) is 22.4 Å². The molecular weight excluding hydrogens is 284 g/mol. The molecule has 0 aliphatic carbocycles. The van der Waals surface area contributed by atoms with Gasteiger partial charge < -0.3 is 16.2 Å². The third-order valence-electron chi connectivity index (χ3n) is 2.40. The summed E-state index contributed by atoms with van der Waals surface area (Å²) in [6, 6.07) is 7.15. The van der Waals surface area contributed by atoms with Gasteiger partial charge in [-0.1, -0.05) is 11.6 Å². The fourth-order valence-corrected chi connectivity index (χ4v) is 1.65. The lowest BCUT2D eigenvalue weighted by molar-refractivity contribution is 0.0696. The number of anilines is 2. The van der Waals surface area contributed by atoms with E-state index in [-0.39, 0.29) is 16.3 Å². The van der Waals surface area contributed by atoms with Crippen LogP contribution >= 0.6 is 11.6 Å². The Hall–Kier alpha value is -2.67. The predicted octanol–water partition coefficient (Wildman–Crippen LogP) is 1.67. The van der Waals surface area contributed by atoms with Crippen molar-refractivity contribution < 1.29 is 14.7 Å². The lowest BCUT2D eigenvalue weighted by atomic mass is 10.2. The molecule has 0 atom stereocenters. The highest BCUT2D eigenvalue weighted by Gasteiger charge is 2.08. The number of carboxylic acids is 1. The van der Waals surface area contributed by atoms with Crippen molar-refractivity contribution in [2.75, 3.05) is 5.32 Å². The summed E-state index contributed by atoms with van der Waals surface area (Å²) < 4.78 is 0. The zero-order valence-electron chi connectivity index (χ0n) is 10.0. The Morgan fingerprint density at radius 3 is 2.45 bits per heavy atom. The minimum absolute atomic E-state index is 0.0443. The summed E-state index contributed by atoms with van der Waals surface area (Å²) >= 11 is 5.96. The van der Waals surface area contributed by atoms with Gasteiger partial charge in [-0.3, -0.25) is 4.79 Å². The van der Waals surface area contributed by atoms with Crippen LogP contribution in [0.5, 0.6) is 0 Å². The second-order valence-electron chi connectivity index (χ2n) is 3.79. The maximum Gasteiger partial charge on any atom is 0.335 e. The van der Waals surface area contributed by atoms with Gasteiger partial charge in [-0.15, -0.1) is 10.2 Å². The van der Waals surface area contributed by atoms with E-state index in [9.17, 15) is 9.59 Å². The first-order valence-corrected chi connectivity index (χ1v) is 5.78. The summed E-state index contributed by atoms with van der Waals surface area (Å²) in [6.07, 6.45) is 0. The van der Waals surface area contributed by atoms with Crippen molar-refractivity contribution in [2.24, 2.45) is 5.73 Å². The number of nitrogens with one attached hydrogen (secondary N) is 1. The van der Waals surface area contributed by atoms with Crippen LogP contribution in [0.3, 0.4) is 0 Å². The predicted molar refractivity (Wildman–Crippen MR) is 72.2 cm³/mol. The number of primary amides is 1. The topological polar surface area (TPSA) is 118 Å². The Kier molecular flexibility index (Phi) is 3.81. The normalized spacial score (nSPS) is 10.1. The Morgan fingerprint density at radius 1 is 1.20 bits per heavy atom. The molecule has 1 aromatic carbocycles. The second kappa shape index (κ2) is 5.54. The van der Waals surface area contributed by atoms with Crippen LogP contribution in [-0.4, -0.2) is 27.2 Å². The van der Waals surface area contributed by atoms with Crippen LogP contribution < -0.4 is 11.1 Å². The lowest BCUT2D eigenvalue weighted by Crippen LogP contribution is -2.13. The molecule has 0 saturated carbocycles. The van der Waals surface area contributed by atoms with Crippen molar-refractivity contribution in [3.05, 3.63) is 46.6 Å². The molecule has 8 heteroatoms. The molecule has 4 N–H and O–H groups in total. The molecule has 102 valence electrons. The van der Waals surface area contributed by atoms with E-state index in [1.807, 2.05) is 0 Å². The standard InChI is InChI=1S/C12H9ClN4O3/c13-7-5-6(12(19)20)1-2-8(7)15-10-4-3-9(11(14)18)16-17-10/h1-5H,(H2,14,18)(H,15,17)(H,19,20). The molecule has 20 heavy (non-hydrogen) atoms. The fraction of sp³-hybridized carbons (Fsp3) is 0. The molecule has 0 spiro atoms. The monoisotopic (exact) mass is 292 g/mol. The van der Waals surface area contributed by atoms with Gasteiger partial charge in [0.25, 0.3) is 5.91 Å². The highest BCUT2D eigenvalue weighted by Crippen LogP contribution is 2.25. The molecular formula is C12H9ClN4O3. The summed E-state index contributed by atoms with van der Waals surface area (Å²) in [7, 11) is 0. The minimum Gasteiger partial charge on any atom is -0.478 e. The first-order chi connectivity index (χ1) is 9.47. The molecule has 2 rings (SSSR count). The number of aromatic carboxylic acids is 1. The number of amides is 1. The lowest BCUT2D eigenvalue weighted by Gasteiger charge is -2.07. The fourth-order valence-electron chi connectivity index (χ4n) is 1.42. The molecule has 1 amide bonds. The first-order valence-electron chi connectivity index (χ1n) is 5.41. The third-order valence-corrected chi connectivity index (χ3v) is 2.71. The molecule has 0 aliphatic rings. The smallest absolute Gasteiger partial charge is 0.335 e. The van der Waals surface area contributed by atoms with Crippen LogP contribution in [0, 0.1) is 0 Å². The van der Waals surface area contributed by atoms with E-state index in [1.54, 1.807) is 0 Å². The Balaban J connectivity index is 2.21. The van der Waals surface area contributed by atoms with E-state index in [2.05, 4.69) is 15.5 Å². The molecule has 1 aromatic heterocycles. The number of nitrogens with two attached hydrogens (primary N) is 1. The van der Waals surface area contributed by atoms with E-state index >= 15 is 0 Å². The number of rotatable bonds is 4. The molecule has 2 aromatic rings. The summed E-state index contributed by atoms with van der Waals surface area (Å²) in [4.78, 5) is 21.6. The number of halogens is 1. The number of hydrogen-bond donors (Lipinski definition) is 3. The van der Waals surface area contributed by atoms with E-state index < -0.39 is 11.9 Å². The quantitative estimate of drug-likeness (QED) is 0.789. The van der Waals surface area contributed by atoms with E-state index in [0.29, 0.717) is 11.5 Å². The molecule has 7 nitrogen and oxygen atoms in total. The number of carbonyl (C=O) groups is 2. The molecule has 0 saturated heterocycles. The third kappa shape index (κ3) is 3.01. The summed E-state index contributed by atoms with van der Waals surface area (Å²) in [6.45, 7) is 0. The number of carboxylic acid groups (broad SMARTS) is 1. The summed E-state index contributed by atoms with van der Waals surface area (Å²) in [5, 5.41) is 19.3. The van der Waals surface area contributed by atoms with E-state index in [1.165, 1.54) is 30.3 Å². The van der Waals surface area contributed by atoms with Gasteiger partial charge >= 0.3 is 5.97 Å². The maximum atomic E-state index is 10.8. The number of nitrogens with zero attached hydrogens (tertiary/aromatic N) is 2. The number of carbonyl (C=O) groups excluding carboxylic acids is 1. The summed E-state index contributed by atoms with van der Waals surface area (Å²) in [5.74, 6) is -1.39. The maximum absolute atomic E-state index is 10.8. The van der Waals surface area contributed by atoms with Crippen LogP contribution in [0.1, 0.15) is 20.8 Å². The Labute approximate surface area is 118 Å². The second-order valence-corrected chi connectivity index (χ2v) is 4.20. The Bertz CT molecular complexity index is 673. The zero-order valence-corrected chi connectivity index (χ0v) is 10.8. The van der Waals surface area contributed by atoms with E-state index in [0.717, 1.165) is 0 Å². The minimum atomic E-state index is -1.07. The number of hydrogen-bond acceptors (Lipinski definition) is 5. The highest BCUT2D eigenvalue weighted by molar-refractivity contribution is 6.33. The first kappa shape index (κ1) is 13.8. The van der Waals surface area contributed by atoms with Crippen LogP contribution in [-0.2, 0) is 0 Å². The largest absolute Gasteiger partial charge is 0.478 e. The summed E-state index contributed by atoms with van der Waals surface area (Å²) in [5.41, 5.74) is 5.64. The van der Waals surface area contributed by atoms with Crippen molar-refractivity contribution in [3.63, 3.8) is 0 Å². The van der Waals surface area contributed by atoms with Crippen molar-refractivity contribution in [1.82, 2.24) is 10.2 Å². The van der Waals surface area contributed by atoms with Crippen LogP contribution in [0.15, 0.2) is 30.3 Å². The number of aromatic nitrogens is 2. The number of benzene rings is 1. The molecule has 0 radical (unpaired) electrons. The van der Waals surface area contributed by atoms with Gasteiger partial charge in [0.15, 0.2) is 11.5 Å². The molecule has 0 unspecified atom stereocenters. The van der Waals surface area contributed by atoms with Crippen LogP contribution in [0.2, 0.25) is 5.02 Å². The van der Waals surface area contributed by atoms with Gasteiger partial charge in [0.05, 0.1) is 16.3 Å². The van der Waals surface area contributed by atoms with Crippen molar-refractivity contribution in [2.45, 2.75) is 0 Å². The average Bonchev–Trinajstić information content (AvgIpc) is 2.41. The van der Waals surface area contributed by atoms with Gasteiger partial charge in [0.1, 0.15) is 0 Å². The van der Waals surface area contributed by atoms with Gasteiger partial charge in [0.2, 0.25) is 0 Å². The zero-order chi connectivity index (χ0) is 14.7. The van der Waals surface area contributed by atoms with Crippen molar-refractivity contribution >= 4 is 35.0 Å². The van der Waals surface area contributed by atoms with Crippen molar-refractivity contribution in [1.29, 1.82) is 0 Å². The van der Waals surface area contributed by atoms with Crippen LogP contribution in [0.4, 0.5) is 11.5 Å². The van der Waals surface area contributed by atoms with Gasteiger partial charge in [-0.05, 0) is 30.3 Å². The highest BCUT2D eigenvalue weighted by atomic mass is 35.5. The SMILES string of the molecule is NC(=O)c1ccc(Nc2ccc(C(=O)O)cc2Cl)nn1. The average molecular weight is 293 g/mol. The Morgan fingerprint density at radius 2 is 1.95 bits per heavy atom. The molecule has 0 bridgehead atoms. The molecule has 0 aliphatic heterocycles. The van der Waals surface area contributed by atoms with Crippen molar-refractivity contribution in [3.8, 4) is 0 Å². The van der Waals surface area contributed by atoms with Gasteiger partial charge in [-0.25, -0.2) is 4.79 Å².